The van der Waals surface area contributed by atoms with E-state index < -0.39 is 91.5 Å². The number of phosphoric acid groups is 2. The van der Waals surface area contributed by atoms with Crippen molar-refractivity contribution in [1.29, 1.82) is 0 Å². The first kappa shape index (κ1) is 86.2. The fraction of sp³-hybridized carbons (Fsp3) is 0.603. The normalized spacial score (nSPS) is 15.2. The molecule has 0 fully saturated rings. The Morgan fingerprint density at radius 3 is 0.879 bits per heavy atom. The minimum Gasteiger partial charge on any atom is -0.463 e. The van der Waals surface area contributed by atoms with Gasteiger partial charge in [0.05, 0.1) is 26.4 Å². The maximum atomic E-state index is 12.9. The van der Waals surface area contributed by atoms with Crippen molar-refractivity contribution in [2.75, 3.05) is 39.6 Å². The van der Waals surface area contributed by atoms with Crippen molar-refractivity contribution >= 4 is 33.6 Å². The van der Waals surface area contributed by atoms with Crippen LogP contribution in [0.5, 0.6) is 0 Å². The highest BCUT2D eigenvalue weighted by molar-refractivity contribution is 7.47. The molecule has 0 aliphatic carbocycles. The summed E-state index contributed by atoms with van der Waals surface area (Å²) in [7, 11) is -9.81. The Labute approximate surface area is 549 Å². The van der Waals surface area contributed by atoms with Gasteiger partial charge in [-0.15, -0.1) is 0 Å². The smallest absolute Gasteiger partial charge is 0.463 e. The monoisotopic (exact) mass is 1310 g/mol. The third kappa shape index (κ3) is 66.4. The molecule has 0 amide bonds. The van der Waals surface area contributed by atoms with Gasteiger partial charge in [-0.25, -0.2) is 9.13 Å². The molecular formula is C73H118O16P2. The second-order valence-electron chi connectivity index (χ2n) is 21.8. The summed E-state index contributed by atoms with van der Waals surface area (Å²) in [6.07, 6.45) is 78.6. The number of unbranched alkanes of at least 4 members (excludes halogenated alkanes) is 13. The van der Waals surface area contributed by atoms with E-state index in [2.05, 4.69) is 179 Å². The maximum absolute atomic E-state index is 12.9. The molecule has 5 unspecified atom stereocenters. The highest BCUT2D eigenvalue weighted by Gasteiger charge is 2.29. The molecule has 0 saturated heterocycles. The minimum absolute atomic E-state index is 0.0785. The number of allylic oxidation sites excluding steroid dienone is 26. The van der Waals surface area contributed by atoms with E-state index in [0.717, 1.165) is 167 Å². The fourth-order valence-electron chi connectivity index (χ4n) is 8.16. The Morgan fingerprint density at radius 2 is 0.549 bits per heavy atom. The predicted octanol–water partition coefficient (Wildman–Crippen LogP) is 18.7. The van der Waals surface area contributed by atoms with E-state index in [0.29, 0.717) is 19.3 Å². The lowest BCUT2D eigenvalue weighted by Crippen LogP contribution is -2.30. The van der Waals surface area contributed by atoms with E-state index in [4.69, 9.17) is 32.3 Å². The van der Waals surface area contributed by atoms with Crippen LogP contribution in [0.25, 0.3) is 0 Å². The van der Waals surface area contributed by atoms with Crippen LogP contribution >= 0.6 is 15.6 Å². The number of carbonyl (C=O) groups is 3. The molecule has 0 rings (SSSR count). The number of carbonyl (C=O) groups excluding carboxylic acids is 3. The average Bonchev–Trinajstić information content (AvgIpc) is 3.02. The predicted molar refractivity (Wildman–Crippen MR) is 371 cm³/mol. The van der Waals surface area contributed by atoms with Crippen molar-refractivity contribution in [1.82, 2.24) is 0 Å². The van der Waals surface area contributed by atoms with Crippen LogP contribution < -0.4 is 0 Å². The standard InChI is InChI=1S/C73H118O16P2/c1-4-7-10-13-16-19-22-25-28-31-33-36-38-41-44-47-50-53-56-59-71(76)83-62-68(74)63-85-90(79,80)86-64-69(75)65-87-91(81,82)88-67-70(89-73(78)61-58-55-52-49-46-43-40-35-30-27-24-21-18-15-12-9-6-3)66-84-72(77)60-57-54-51-48-45-42-39-37-34-32-29-26-23-20-17-14-11-8-5-2/h7-12,16-21,25-30,33-34,36-37,41-42,44-45,68-70,74-75H,4-6,13-15,22-24,31-32,35,38-40,43,46-67H2,1-3H3,(H,79,80)(H,81,82)/b10-7-,11-8-,12-9-,19-16-,20-17-,21-18-,28-25-,29-26-,30-27-,36-33-,37-34-,44-41-,45-42-. The second kappa shape index (κ2) is 65.2. The van der Waals surface area contributed by atoms with Gasteiger partial charge in [0, 0.05) is 19.3 Å². The lowest BCUT2D eigenvalue weighted by atomic mass is 10.1. The van der Waals surface area contributed by atoms with Gasteiger partial charge in [-0.2, -0.15) is 0 Å². The minimum atomic E-state index is -4.95. The molecule has 0 spiro atoms. The molecule has 0 aromatic carbocycles. The summed E-state index contributed by atoms with van der Waals surface area (Å²) in [5, 5.41) is 20.5. The number of rotatable bonds is 62. The van der Waals surface area contributed by atoms with Gasteiger partial charge in [-0.05, 0) is 141 Å². The zero-order chi connectivity index (χ0) is 66.7. The molecule has 0 heterocycles. The zero-order valence-electron chi connectivity index (χ0n) is 55.7. The van der Waals surface area contributed by atoms with Crippen LogP contribution in [0.1, 0.15) is 226 Å². The summed E-state index contributed by atoms with van der Waals surface area (Å²) in [6.45, 7) is 2.21. The van der Waals surface area contributed by atoms with Crippen LogP contribution in [0.4, 0.5) is 0 Å². The average molecular weight is 1310 g/mol. The van der Waals surface area contributed by atoms with Gasteiger partial charge in [0.2, 0.25) is 0 Å². The molecule has 18 heteroatoms. The molecule has 4 N–H and O–H groups in total. The highest BCUT2D eigenvalue weighted by Crippen LogP contribution is 2.45. The van der Waals surface area contributed by atoms with E-state index in [-0.39, 0.29) is 19.3 Å². The van der Waals surface area contributed by atoms with E-state index >= 15 is 0 Å². The molecule has 0 saturated carbocycles. The van der Waals surface area contributed by atoms with E-state index in [9.17, 15) is 43.5 Å². The summed E-state index contributed by atoms with van der Waals surface area (Å²) in [5.74, 6) is -1.67. The van der Waals surface area contributed by atoms with E-state index in [1.165, 1.54) is 0 Å². The lowest BCUT2D eigenvalue weighted by Gasteiger charge is -2.21. The topological polar surface area (TPSA) is 231 Å². The lowest BCUT2D eigenvalue weighted by molar-refractivity contribution is -0.161. The molecular weight excluding hydrogens is 1190 g/mol. The quantitative estimate of drug-likeness (QED) is 0.0146. The summed E-state index contributed by atoms with van der Waals surface area (Å²) in [5.41, 5.74) is 0. The Balaban J connectivity index is 4.80. The van der Waals surface area contributed by atoms with Gasteiger partial charge in [-0.1, -0.05) is 224 Å². The van der Waals surface area contributed by atoms with Gasteiger partial charge >= 0.3 is 33.6 Å². The van der Waals surface area contributed by atoms with Gasteiger partial charge in [0.25, 0.3) is 0 Å². The Morgan fingerprint density at radius 1 is 0.308 bits per heavy atom. The van der Waals surface area contributed by atoms with Crippen molar-refractivity contribution < 1.29 is 75.8 Å². The van der Waals surface area contributed by atoms with Crippen molar-refractivity contribution in [2.24, 2.45) is 0 Å². The number of aliphatic hydroxyl groups excluding tert-OH is 2. The van der Waals surface area contributed by atoms with Gasteiger partial charge in [0.15, 0.2) is 6.10 Å². The summed E-state index contributed by atoms with van der Waals surface area (Å²) >= 11 is 0. The SMILES string of the molecule is CC/C=C\C/C=C\C/C=C\C/C=C\C/C=C\CCCCCC(=O)OCC(O)COP(=O)(O)OCC(O)COP(=O)(O)OCC(COC(=O)CCCCC/C=C\C/C=C\C/C=C\C/C=C\C/C=C\CC)OC(=O)CCCCCCCCC/C=C\C/C=C\C/C=C\CC. The molecule has 0 bridgehead atoms. The number of hydrogen-bond acceptors (Lipinski definition) is 14. The molecule has 5 atom stereocenters. The van der Waals surface area contributed by atoms with Crippen LogP contribution in [0.3, 0.4) is 0 Å². The molecule has 0 aliphatic rings. The van der Waals surface area contributed by atoms with Crippen LogP contribution in [0.2, 0.25) is 0 Å². The molecule has 0 aromatic rings. The van der Waals surface area contributed by atoms with Crippen LogP contribution in [-0.4, -0.2) is 95.9 Å². The Hall–Kier alpha value is -4.83. The van der Waals surface area contributed by atoms with E-state index in [1.54, 1.807) is 0 Å². The number of ether oxygens (including phenoxy) is 3. The van der Waals surface area contributed by atoms with E-state index in [1.807, 2.05) is 0 Å². The third-order valence-corrected chi connectivity index (χ3v) is 15.1. The second-order valence-corrected chi connectivity index (χ2v) is 24.7. The molecule has 0 aromatic heterocycles. The first-order valence-electron chi connectivity index (χ1n) is 33.8. The van der Waals surface area contributed by atoms with Crippen molar-refractivity contribution in [3.8, 4) is 0 Å². The zero-order valence-corrected chi connectivity index (χ0v) is 57.5. The van der Waals surface area contributed by atoms with Crippen LogP contribution in [0, 0.1) is 0 Å². The number of hydrogen-bond donors (Lipinski definition) is 4. The molecule has 91 heavy (non-hydrogen) atoms. The fourth-order valence-corrected chi connectivity index (χ4v) is 9.75. The number of esters is 3. The van der Waals surface area contributed by atoms with Crippen LogP contribution in [-0.2, 0) is 55.8 Å². The van der Waals surface area contributed by atoms with Crippen LogP contribution in [0.15, 0.2) is 158 Å². The van der Waals surface area contributed by atoms with Gasteiger partial charge in [0.1, 0.15) is 25.4 Å². The third-order valence-electron chi connectivity index (χ3n) is 13.2. The highest BCUT2D eigenvalue weighted by atomic mass is 31.2. The number of phosphoric ester groups is 2. The first-order valence-corrected chi connectivity index (χ1v) is 36.8. The Bertz CT molecular complexity index is 2290. The summed E-state index contributed by atoms with van der Waals surface area (Å²) in [4.78, 5) is 58.4. The van der Waals surface area contributed by atoms with Gasteiger partial charge < -0.3 is 34.2 Å². The first-order chi connectivity index (χ1) is 44.2. The number of aliphatic hydroxyl groups is 2. The summed E-state index contributed by atoms with van der Waals surface area (Å²) < 4.78 is 60.8. The largest absolute Gasteiger partial charge is 0.472 e. The molecule has 16 nitrogen and oxygen atoms in total. The summed E-state index contributed by atoms with van der Waals surface area (Å²) in [6, 6.07) is 0. The Kier molecular flexibility index (Phi) is 61.8. The van der Waals surface area contributed by atoms with Gasteiger partial charge in [-0.3, -0.25) is 32.5 Å². The maximum Gasteiger partial charge on any atom is 0.472 e. The van der Waals surface area contributed by atoms with Crippen molar-refractivity contribution in [3.05, 3.63) is 158 Å². The molecule has 516 valence electrons. The van der Waals surface area contributed by atoms with Crippen molar-refractivity contribution in [3.63, 3.8) is 0 Å². The van der Waals surface area contributed by atoms with Crippen molar-refractivity contribution in [2.45, 2.75) is 245 Å². The molecule has 0 aliphatic heterocycles. The molecule has 0 radical (unpaired) electrons.